The Balaban J connectivity index is 1.85. The van der Waals surface area contributed by atoms with E-state index in [4.69, 9.17) is 0 Å². The molecule has 1 aromatic heterocycles. The Morgan fingerprint density at radius 1 is 1.14 bits per heavy atom. The van der Waals surface area contributed by atoms with E-state index in [-0.39, 0.29) is 18.3 Å². The molecule has 0 aliphatic carbocycles. The number of benzene rings is 2. The molecule has 0 fully saturated rings. The van der Waals surface area contributed by atoms with Crippen LogP contribution in [0, 0.1) is 18.6 Å². The van der Waals surface area contributed by atoms with Gasteiger partial charge in [0.1, 0.15) is 11.6 Å². The number of hydrogen-bond acceptors (Lipinski definition) is 1. The first-order valence-corrected chi connectivity index (χ1v) is 6.85. The van der Waals surface area contributed by atoms with Gasteiger partial charge in [-0.2, -0.15) is 0 Å². The molecule has 0 saturated heterocycles. The van der Waals surface area contributed by atoms with Gasteiger partial charge in [0.25, 0.3) is 5.91 Å². The van der Waals surface area contributed by atoms with Crippen LogP contribution < -0.4 is 5.32 Å². The van der Waals surface area contributed by atoms with Gasteiger partial charge in [0, 0.05) is 17.6 Å². The molecule has 2 aromatic carbocycles. The van der Waals surface area contributed by atoms with Crippen molar-refractivity contribution >= 4 is 16.8 Å². The molecule has 1 amide bonds. The number of para-hydroxylation sites is 1. The van der Waals surface area contributed by atoms with Gasteiger partial charge in [-0.1, -0.05) is 24.3 Å². The van der Waals surface area contributed by atoms with Crippen LogP contribution in [0.4, 0.5) is 8.78 Å². The summed E-state index contributed by atoms with van der Waals surface area (Å²) in [6.07, 6.45) is 0. The van der Waals surface area contributed by atoms with Crippen LogP contribution in [0.3, 0.4) is 0 Å². The van der Waals surface area contributed by atoms with Crippen LogP contribution in [0.15, 0.2) is 42.5 Å². The fourth-order valence-electron chi connectivity index (χ4n) is 2.48. The van der Waals surface area contributed by atoms with Crippen molar-refractivity contribution in [1.82, 2.24) is 10.3 Å². The van der Waals surface area contributed by atoms with E-state index in [2.05, 4.69) is 10.3 Å². The van der Waals surface area contributed by atoms with E-state index in [1.165, 1.54) is 18.2 Å². The Labute approximate surface area is 126 Å². The Bertz CT molecular complexity index is 838. The van der Waals surface area contributed by atoms with Crippen LogP contribution in [0.5, 0.6) is 0 Å². The monoisotopic (exact) mass is 300 g/mol. The van der Waals surface area contributed by atoms with Crippen LogP contribution in [0.2, 0.25) is 0 Å². The summed E-state index contributed by atoms with van der Waals surface area (Å²) < 4.78 is 26.6. The zero-order valence-corrected chi connectivity index (χ0v) is 11.9. The lowest BCUT2D eigenvalue weighted by Gasteiger charge is -2.06. The largest absolute Gasteiger partial charge is 0.356 e. The number of rotatable bonds is 3. The molecule has 2 N–H and O–H groups in total. The first-order valence-electron chi connectivity index (χ1n) is 6.85. The molecule has 5 heteroatoms. The van der Waals surface area contributed by atoms with Gasteiger partial charge >= 0.3 is 0 Å². The molecule has 3 rings (SSSR count). The molecule has 3 nitrogen and oxygen atoms in total. The van der Waals surface area contributed by atoms with Crippen LogP contribution >= 0.6 is 0 Å². The molecular weight excluding hydrogens is 286 g/mol. The number of halogens is 2. The van der Waals surface area contributed by atoms with Crippen LogP contribution in [-0.4, -0.2) is 10.9 Å². The quantitative estimate of drug-likeness (QED) is 0.761. The topological polar surface area (TPSA) is 44.9 Å². The maximum atomic E-state index is 13.7. The number of aryl methyl sites for hydroxylation is 1. The van der Waals surface area contributed by atoms with E-state index in [9.17, 15) is 13.6 Å². The number of nitrogens with one attached hydrogen (secondary N) is 2. The first kappa shape index (κ1) is 14.3. The summed E-state index contributed by atoms with van der Waals surface area (Å²) in [6, 6.07) is 10.5. The van der Waals surface area contributed by atoms with E-state index in [0.717, 1.165) is 5.56 Å². The molecule has 0 spiro atoms. The number of carbonyl (C=O) groups excluding carboxylic acids is 1. The molecular formula is C17H14F2N2O. The molecule has 3 aromatic rings. The molecule has 112 valence electrons. The van der Waals surface area contributed by atoms with Crippen molar-refractivity contribution in [3.05, 3.63) is 70.9 Å². The number of aromatic nitrogens is 1. The number of amides is 1. The summed E-state index contributed by atoms with van der Waals surface area (Å²) in [5, 5.41) is 3.32. The van der Waals surface area contributed by atoms with Gasteiger partial charge in [0.15, 0.2) is 0 Å². The average molecular weight is 300 g/mol. The highest BCUT2D eigenvalue weighted by Crippen LogP contribution is 2.24. The average Bonchev–Trinajstić information content (AvgIpc) is 2.84. The summed E-state index contributed by atoms with van der Waals surface area (Å²) in [5.41, 5.74) is 2.15. The summed E-state index contributed by atoms with van der Waals surface area (Å²) in [7, 11) is 0. The number of carbonyl (C=O) groups is 1. The second-order valence-corrected chi connectivity index (χ2v) is 5.10. The highest BCUT2D eigenvalue weighted by atomic mass is 19.1. The maximum absolute atomic E-state index is 13.7. The molecule has 22 heavy (non-hydrogen) atoms. The minimum absolute atomic E-state index is 0.278. The van der Waals surface area contributed by atoms with Crippen molar-refractivity contribution in [3.8, 4) is 0 Å². The summed E-state index contributed by atoms with van der Waals surface area (Å²) >= 11 is 0. The minimum atomic E-state index is -0.391. The number of H-pyrrole nitrogens is 1. The summed E-state index contributed by atoms with van der Waals surface area (Å²) in [6.45, 7) is 2.01. The van der Waals surface area contributed by atoms with Crippen LogP contribution in [0.1, 0.15) is 21.6 Å². The number of fused-ring (bicyclic) bond motifs is 1. The van der Waals surface area contributed by atoms with Crippen molar-refractivity contribution in [1.29, 1.82) is 0 Å². The highest BCUT2D eigenvalue weighted by molar-refractivity contribution is 6.08. The van der Waals surface area contributed by atoms with Crippen molar-refractivity contribution in [2.45, 2.75) is 13.5 Å². The van der Waals surface area contributed by atoms with Gasteiger partial charge in [-0.05, 0) is 30.7 Å². The van der Waals surface area contributed by atoms with Gasteiger partial charge in [-0.15, -0.1) is 0 Å². The molecule has 0 aliphatic heterocycles. The van der Waals surface area contributed by atoms with E-state index >= 15 is 0 Å². The van der Waals surface area contributed by atoms with E-state index in [0.29, 0.717) is 22.2 Å². The van der Waals surface area contributed by atoms with Crippen LogP contribution in [-0.2, 0) is 6.54 Å². The normalized spacial score (nSPS) is 10.9. The van der Waals surface area contributed by atoms with Gasteiger partial charge in [0.2, 0.25) is 0 Å². The molecule has 0 unspecified atom stereocenters. The zero-order valence-electron chi connectivity index (χ0n) is 11.9. The van der Waals surface area contributed by atoms with Gasteiger partial charge in [-0.3, -0.25) is 4.79 Å². The molecule has 1 heterocycles. The Morgan fingerprint density at radius 2 is 1.86 bits per heavy atom. The smallest absolute Gasteiger partial charge is 0.253 e. The van der Waals surface area contributed by atoms with Crippen molar-refractivity contribution in [2.24, 2.45) is 0 Å². The third-order valence-electron chi connectivity index (χ3n) is 3.56. The predicted molar refractivity (Wildman–Crippen MR) is 80.6 cm³/mol. The zero-order chi connectivity index (χ0) is 15.7. The van der Waals surface area contributed by atoms with E-state index in [1.807, 2.05) is 0 Å². The first-order chi connectivity index (χ1) is 10.6. The van der Waals surface area contributed by atoms with Gasteiger partial charge in [-0.25, -0.2) is 8.78 Å². The molecule has 0 aliphatic rings. The SMILES string of the molecule is Cc1[nH]c2c(F)cccc2c1C(=O)NCc1ccc(F)cc1. The third-order valence-corrected chi connectivity index (χ3v) is 3.56. The molecule has 0 radical (unpaired) electrons. The second kappa shape index (κ2) is 5.60. The second-order valence-electron chi connectivity index (χ2n) is 5.10. The lowest BCUT2D eigenvalue weighted by Crippen LogP contribution is -2.23. The lowest BCUT2D eigenvalue weighted by molar-refractivity contribution is 0.0952. The summed E-state index contributed by atoms with van der Waals surface area (Å²) in [5.74, 6) is -1.00. The van der Waals surface area contributed by atoms with Gasteiger partial charge < -0.3 is 10.3 Å². The Morgan fingerprint density at radius 3 is 2.59 bits per heavy atom. The van der Waals surface area contributed by atoms with Gasteiger partial charge in [0.05, 0.1) is 11.1 Å². The summed E-state index contributed by atoms with van der Waals surface area (Å²) in [4.78, 5) is 15.3. The Hall–Kier alpha value is -2.69. The standard InChI is InChI=1S/C17H14F2N2O/c1-10-15(13-3-2-4-14(19)16(13)21-10)17(22)20-9-11-5-7-12(18)8-6-11/h2-8,21H,9H2,1H3,(H,20,22). The Kier molecular flexibility index (Phi) is 3.63. The molecule has 0 saturated carbocycles. The van der Waals surface area contributed by atoms with E-state index < -0.39 is 5.82 Å². The maximum Gasteiger partial charge on any atom is 0.253 e. The van der Waals surface area contributed by atoms with Crippen molar-refractivity contribution in [3.63, 3.8) is 0 Å². The highest BCUT2D eigenvalue weighted by Gasteiger charge is 2.17. The van der Waals surface area contributed by atoms with Crippen LogP contribution in [0.25, 0.3) is 10.9 Å². The third kappa shape index (κ3) is 2.57. The fraction of sp³-hybridized carbons (Fsp3) is 0.118. The fourth-order valence-corrected chi connectivity index (χ4v) is 2.48. The van der Waals surface area contributed by atoms with Crippen molar-refractivity contribution in [2.75, 3.05) is 0 Å². The lowest BCUT2D eigenvalue weighted by atomic mass is 10.1. The molecule has 0 atom stereocenters. The van der Waals surface area contributed by atoms with E-state index in [1.54, 1.807) is 31.2 Å². The number of aromatic amines is 1. The minimum Gasteiger partial charge on any atom is -0.356 e. The molecule has 0 bridgehead atoms. The predicted octanol–water partition coefficient (Wildman–Crippen LogP) is 3.68. The van der Waals surface area contributed by atoms with Crippen molar-refractivity contribution < 1.29 is 13.6 Å². The number of hydrogen-bond donors (Lipinski definition) is 2.